The van der Waals surface area contributed by atoms with Gasteiger partial charge in [-0.2, -0.15) is 0 Å². The molecule has 17 heavy (non-hydrogen) atoms. The van der Waals surface area contributed by atoms with Crippen molar-refractivity contribution in [3.05, 3.63) is 32.4 Å². The van der Waals surface area contributed by atoms with Crippen molar-refractivity contribution in [2.45, 2.75) is 19.4 Å². The lowest BCUT2D eigenvalue weighted by molar-refractivity contribution is 0.171. The molecule has 0 heterocycles. The van der Waals surface area contributed by atoms with Gasteiger partial charge in [0.15, 0.2) is 0 Å². The summed E-state index contributed by atoms with van der Waals surface area (Å²) in [5.74, 6) is 0.506. The van der Waals surface area contributed by atoms with E-state index in [1.807, 2.05) is 19.2 Å². The zero-order valence-electron chi connectivity index (χ0n) is 10.5. The van der Waals surface area contributed by atoms with Crippen LogP contribution in [0.1, 0.15) is 24.9 Å². The zero-order chi connectivity index (χ0) is 12.8. The van der Waals surface area contributed by atoms with Crippen molar-refractivity contribution in [2.24, 2.45) is 5.92 Å². The van der Waals surface area contributed by atoms with Gasteiger partial charge in [-0.3, -0.25) is 0 Å². The number of hydrogen-bond acceptors (Lipinski definition) is 2. The molecule has 0 aliphatic carbocycles. The number of methoxy groups -OCH3 is 1. The van der Waals surface area contributed by atoms with E-state index in [9.17, 15) is 0 Å². The highest BCUT2D eigenvalue weighted by Gasteiger charge is 2.19. The molecule has 0 spiro atoms. The van der Waals surface area contributed by atoms with Gasteiger partial charge in [-0.05, 0) is 65.7 Å². The van der Waals surface area contributed by atoms with Crippen molar-refractivity contribution in [1.82, 2.24) is 5.32 Å². The van der Waals surface area contributed by atoms with Gasteiger partial charge in [-0.1, -0.05) is 18.5 Å². The first-order chi connectivity index (χ1) is 8.10. The quantitative estimate of drug-likeness (QED) is 0.771. The SMILES string of the molecule is CNC(c1cc(Cl)ccc1I)C(C)CCOC. The van der Waals surface area contributed by atoms with E-state index >= 15 is 0 Å². The maximum Gasteiger partial charge on any atom is 0.0465 e. The maximum absolute atomic E-state index is 6.07. The lowest BCUT2D eigenvalue weighted by Gasteiger charge is -2.25. The second kappa shape index (κ2) is 7.56. The predicted octanol–water partition coefficient (Wildman–Crippen LogP) is 3.88. The Balaban J connectivity index is 2.88. The number of ether oxygens (including phenoxy) is 1. The van der Waals surface area contributed by atoms with Crippen LogP contribution < -0.4 is 5.32 Å². The lowest BCUT2D eigenvalue weighted by Crippen LogP contribution is -2.25. The Labute approximate surface area is 122 Å². The maximum atomic E-state index is 6.07. The molecule has 0 aliphatic rings. The summed E-state index contributed by atoms with van der Waals surface area (Å²) in [5, 5.41) is 4.17. The van der Waals surface area contributed by atoms with Crippen molar-refractivity contribution < 1.29 is 4.74 Å². The molecule has 1 N–H and O–H groups in total. The van der Waals surface area contributed by atoms with Crippen molar-refractivity contribution in [3.8, 4) is 0 Å². The van der Waals surface area contributed by atoms with Gasteiger partial charge in [0, 0.05) is 28.4 Å². The van der Waals surface area contributed by atoms with Crippen LogP contribution in [0.4, 0.5) is 0 Å². The van der Waals surface area contributed by atoms with Crippen LogP contribution in [0.2, 0.25) is 5.02 Å². The Morgan fingerprint density at radius 1 is 1.47 bits per heavy atom. The number of hydrogen-bond donors (Lipinski definition) is 1. The fourth-order valence-electron chi connectivity index (χ4n) is 1.97. The summed E-state index contributed by atoms with van der Waals surface area (Å²) in [6.45, 7) is 3.02. The minimum absolute atomic E-state index is 0.316. The fraction of sp³-hybridized carbons (Fsp3) is 0.538. The third-order valence-electron chi connectivity index (χ3n) is 2.95. The number of halogens is 2. The number of nitrogens with one attached hydrogen (secondary N) is 1. The molecule has 0 radical (unpaired) electrons. The Morgan fingerprint density at radius 3 is 2.76 bits per heavy atom. The molecule has 0 amide bonds. The highest BCUT2D eigenvalue weighted by molar-refractivity contribution is 14.1. The summed E-state index contributed by atoms with van der Waals surface area (Å²) in [6.07, 6.45) is 1.03. The largest absolute Gasteiger partial charge is 0.385 e. The number of rotatable bonds is 6. The van der Waals surface area contributed by atoms with E-state index in [2.05, 4.69) is 40.9 Å². The van der Waals surface area contributed by atoms with Crippen LogP contribution in [0.5, 0.6) is 0 Å². The molecule has 0 saturated carbocycles. The molecule has 2 atom stereocenters. The second-order valence-corrected chi connectivity index (χ2v) is 5.79. The van der Waals surface area contributed by atoms with Gasteiger partial charge in [0.05, 0.1) is 0 Å². The standard InChI is InChI=1S/C13H19ClINO/c1-9(6-7-17-3)13(16-2)11-8-10(14)4-5-12(11)15/h4-5,8-9,13,16H,6-7H2,1-3H3. The normalized spacial score (nSPS) is 14.6. The third-order valence-corrected chi connectivity index (χ3v) is 4.17. The van der Waals surface area contributed by atoms with E-state index in [-0.39, 0.29) is 0 Å². The molecule has 2 nitrogen and oxygen atoms in total. The highest BCUT2D eigenvalue weighted by Crippen LogP contribution is 2.30. The van der Waals surface area contributed by atoms with E-state index in [0.717, 1.165) is 18.1 Å². The Hall–Kier alpha value is 0.160. The minimum Gasteiger partial charge on any atom is -0.385 e. The third kappa shape index (κ3) is 4.39. The van der Waals surface area contributed by atoms with Crippen LogP contribution in [0, 0.1) is 9.49 Å². The topological polar surface area (TPSA) is 21.3 Å². The Bertz CT molecular complexity index is 359. The molecule has 0 saturated heterocycles. The highest BCUT2D eigenvalue weighted by atomic mass is 127. The molecule has 0 aromatic heterocycles. The fourth-order valence-corrected chi connectivity index (χ4v) is 2.82. The summed E-state index contributed by atoms with van der Waals surface area (Å²) in [7, 11) is 3.73. The van der Waals surface area contributed by atoms with Crippen molar-refractivity contribution in [3.63, 3.8) is 0 Å². The van der Waals surface area contributed by atoms with E-state index in [1.54, 1.807) is 7.11 Å². The Kier molecular flexibility index (Phi) is 6.77. The summed E-state index contributed by atoms with van der Waals surface area (Å²) in [4.78, 5) is 0. The van der Waals surface area contributed by atoms with Crippen LogP contribution >= 0.6 is 34.2 Å². The summed E-state index contributed by atoms with van der Waals surface area (Å²) in [5.41, 5.74) is 1.27. The first-order valence-electron chi connectivity index (χ1n) is 5.71. The van der Waals surface area contributed by atoms with Gasteiger partial charge in [0.25, 0.3) is 0 Å². The van der Waals surface area contributed by atoms with E-state index in [4.69, 9.17) is 16.3 Å². The van der Waals surface area contributed by atoms with Crippen molar-refractivity contribution in [1.29, 1.82) is 0 Å². The molecular formula is C13H19ClINO. The lowest BCUT2D eigenvalue weighted by atomic mass is 9.92. The molecular weight excluding hydrogens is 349 g/mol. The molecule has 1 aromatic rings. The van der Waals surface area contributed by atoms with Crippen molar-refractivity contribution in [2.75, 3.05) is 20.8 Å². The molecule has 2 unspecified atom stereocenters. The van der Waals surface area contributed by atoms with Crippen LogP contribution in [0.15, 0.2) is 18.2 Å². The molecule has 0 bridgehead atoms. The summed E-state index contributed by atoms with van der Waals surface area (Å²) >= 11 is 8.43. The van der Waals surface area contributed by atoms with Gasteiger partial charge >= 0.3 is 0 Å². The molecule has 0 fully saturated rings. The first kappa shape index (κ1) is 15.2. The smallest absolute Gasteiger partial charge is 0.0465 e. The number of benzene rings is 1. The average Bonchev–Trinajstić information content (AvgIpc) is 2.32. The zero-order valence-corrected chi connectivity index (χ0v) is 13.4. The molecule has 96 valence electrons. The van der Waals surface area contributed by atoms with Crippen LogP contribution in [-0.4, -0.2) is 20.8 Å². The second-order valence-electron chi connectivity index (χ2n) is 4.19. The molecule has 4 heteroatoms. The van der Waals surface area contributed by atoms with Crippen LogP contribution in [-0.2, 0) is 4.74 Å². The summed E-state index contributed by atoms with van der Waals surface area (Å²) < 4.78 is 6.39. The van der Waals surface area contributed by atoms with Gasteiger partial charge < -0.3 is 10.1 Å². The van der Waals surface area contributed by atoms with Gasteiger partial charge in [0.2, 0.25) is 0 Å². The van der Waals surface area contributed by atoms with E-state index in [0.29, 0.717) is 12.0 Å². The molecule has 1 rings (SSSR count). The summed E-state index contributed by atoms with van der Waals surface area (Å²) in [6, 6.07) is 6.36. The van der Waals surface area contributed by atoms with Gasteiger partial charge in [0.1, 0.15) is 0 Å². The van der Waals surface area contributed by atoms with Gasteiger partial charge in [-0.15, -0.1) is 0 Å². The predicted molar refractivity (Wildman–Crippen MR) is 81.6 cm³/mol. The molecule has 1 aromatic carbocycles. The van der Waals surface area contributed by atoms with E-state index in [1.165, 1.54) is 9.13 Å². The van der Waals surface area contributed by atoms with Gasteiger partial charge in [-0.25, -0.2) is 0 Å². The van der Waals surface area contributed by atoms with Crippen LogP contribution in [0.25, 0.3) is 0 Å². The molecule has 0 aliphatic heterocycles. The van der Waals surface area contributed by atoms with Crippen molar-refractivity contribution >= 4 is 34.2 Å². The minimum atomic E-state index is 0.316. The Morgan fingerprint density at radius 2 is 2.18 bits per heavy atom. The van der Waals surface area contributed by atoms with Crippen LogP contribution in [0.3, 0.4) is 0 Å². The first-order valence-corrected chi connectivity index (χ1v) is 7.17. The average molecular weight is 368 g/mol. The monoisotopic (exact) mass is 367 g/mol. The van der Waals surface area contributed by atoms with E-state index < -0.39 is 0 Å².